The minimum atomic E-state index is 0.443. The lowest BCUT2D eigenvalue weighted by Crippen LogP contribution is -2.27. The second kappa shape index (κ2) is 5.28. The lowest BCUT2D eigenvalue weighted by Gasteiger charge is -2.09. The Hall–Kier alpha value is -0.870. The van der Waals surface area contributed by atoms with E-state index in [1.165, 1.54) is 18.4 Å². The van der Waals surface area contributed by atoms with Gasteiger partial charge in [0.1, 0.15) is 0 Å². The number of ether oxygens (including phenoxy) is 1. The molecule has 0 aromatic carbocycles. The summed E-state index contributed by atoms with van der Waals surface area (Å²) in [4.78, 5) is 0. The van der Waals surface area contributed by atoms with Gasteiger partial charge in [-0.05, 0) is 31.4 Å². The molecule has 1 fully saturated rings. The Morgan fingerprint density at radius 1 is 1.67 bits per heavy atom. The number of nitrogens with one attached hydrogen (secondary N) is 1. The summed E-state index contributed by atoms with van der Waals surface area (Å²) in [5, 5.41) is 7.56. The van der Waals surface area contributed by atoms with Gasteiger partial charge in [-0.1, -0.05) is 0 Å². The van der Waals surface area contributed by atoms with Crippen molar-refractivity contribution in [3.8, 4) is 0 Å². The first-order valence-electron chi connectivity index (χ1n) is 5.64. The Morgan fingerprint density at radius 3 is 3.27 bits per heavy atom. The Kier molecular flexibility index (Phi) is 3.75. The second-order valence-electron chi connectivity index (χ2n) is 4.11. The molecular weight excluding hydrogens is 190 g/mol. The molecule has 0 aliphatic carbocycles. The lowest BCUT2D eigenvalue weighted by molar-refractivity contribution is 0.110. The van der Waals surface area contributed by atoms with Crippen molar-refractivity contribution in [2.45, 2.75) is 25.4 Å². The minimum Gasteiger partial charge on any atom is -0.377 e. The highest BCUT2D eigenvalue weighted by Crippen LogP contribution is 2.10. The molecule has 2 heterocycles. The zero-order chi connectivity index (χ0) is 10.5. The van der Waals surface area contributed by atoms with Crippen molar-refractivity contribution < 1.29 is 4.74 Å². The van der Waals surface area contributed by atoms with Gasteiger partial charge in [0.25, 0.3) is 0 Å². The molecule has 1 atom stereocenters. The van der Waals surface area contributed by atoms with Crippen molar-refractivity contribution in [2.24, 2.45) is 7.05 Å². The van der Waals surface area contributed by atoms with E-state index in [0.717, 1.165) is 26.1 Å². The summed E-state index contributed by atoms with van der Waals surface area (Å²) < 4.78 is 7.37. The normalized spacial score (nSPS) is 21.0. The molecule has 1 unspecified atom stereocenters. The maximum Gasteiger partial charge on any atom is 0.0700 e. The minimum absolute atomic E-state index is 0.443. The fraction of sp³-hybridized carbons (Fsp3) is 0.727. The Labute approximate surface area is 90.6 Å². The first-order chi connectivity index (χ1) is 7.34. The van der Waals surface area contributed by atoms with Gasteiger partial charge in [0.05, 0.1) is 12.3 Å². The highest BCUT2D eigenvalue weighted by atomic mass is 16.5. The molecule has 0 saturated carbocycles. The molecule has 0 radical (unpaired) electrons. The third kappa shape index (κ3) is 3.32. The molecule has 1 N–H and O–H groups in total. The van der Waals surface area contributed by atoms with E-state index < -0.39 is 0 Å². The first-order valence-corrected chi connectivity index (χ1v) is 5.64. The summed E-state index contributed by atoms with van der Waals surface area (Å²) >= 11 is 0. The third-order valence-electron chi connectivity index (χ3n) is 2.74. The van der Waals surface area contributed by atoms with Gasteiger partial charge in [0, 0.05) is 26.4 Å². The maximum absolute atomic E-state index is 5.53. The largest absolute Gasteiger partial charge is 0.377 e. The Bertz CT molecular complexity index is 292. The van der Waals surface area contributed by atoms with Crippen LogP contribution >= 0.6 is 0 Å². The quantitative estimate of drug-likeness (QED) is 0.727. The predicted octanol–water partition coefficient (Wildman–Crippen LogP) is 0.731. The molecule has 0 amide bonds. The summed E-state index contributed by atoms with van der Waals surface area (Å²) in [6.45, 7) is 2.93. The van der Waals surface area contributed by atoms with Crippen molar-refractivity contribution in [3.05, 3.63) is 18.0 Å². The zero-order valence-electron chi connectivity index (χ0n) is 9.28. The molecule has 15 heavy (non-hydrogen) atoms. The van der Waals surface area contributed by atoms with Gasteiger partial charge >= 0.3 is 0 Å². The van der Waals surface area contributed by atoms with Gasteiger partial charge in [0.2, 0.25) is 0 Å². The van der Waals surface area contributed by atoms with E-state index in [2.05, 4.69) is 16.6 Å². The van der Waals surface area contributed by atoms with E-state index in [0.29, 0.717) is 6.10 Å². The number of rotatable bonds is 5. The van der Waals surface area contributed by atoms with Gasteiger partial charge in [-0.15, -0.1) is 0 Å². The van der Waals surface area contributed by atoms with Crippen LogP contribution in [0.5, 0.6) is 0 Å². The monoisotopic (exact) mass is 209 g/mol. The van der Waals surface area contributed by atoms with Crippen LogP contribution in [-0.2, 0) is 18.2 Å². The lowest BCUT2D eigenvalue weighted by atomic mass is 10.2. The van der Waals surface area contributed by atoms with Crippen LogP contribution in [0.3, 0.4) is 0 Å². The number of aryl methyl sites for hydroxylation is 1. The third-order valence-corrected chi connectivity index (χ3v) is 2.74. The van der Waals surface area contributed by atoms with Crippen LogP contribution in [-0.4, -0.2) is 35.6 Å². The van der Waals surface area contributed by atoms with Crippen molar-refractivity contribution in [1.82, 2.24) is 15.1 Å². The van der Waals surface area contributed by atoms with Gasteiger partial charge in [-0.2, -0.15) is 5.10 Å². The van der Waals surface area contributed by atoms with Crippen LogP contribution in [0.4, 0.5) is 0 Å². The molecule has 1 aliphatic heterocycles. The van der Waals surface area contributed by atoms with E-state index in [1.54, 1.807) is 0 Å². The summed E-state index contributed by atoms with van der Waals surface area (Å²) in [5.41, 5.74) is 1.29. The number of aromatic nitrogens is 2. The van der Waals surface area contributed by atoms with Crippen LogP contribution < -0.4 is 5.32 Å². The molecular formula is C11H19N3O. The molecule has 0 bridgehead atoms. The SMILES string of the molecule is Cn1cc(CCNCC2CCCO2)cn1. The van der Waals surface area contributed by atoms with Gasteiger partial charge in [-0.3, -0.25) is 4.68 Å². The summed E-state index contributed by atoms with van der Waals surface area (Å²) in [6, 6.07) is 0. The van der Waals surface area contributed by atoms with E-state index in [1.807, 2.05) is 17.9 Å². The van der Waals surface area contributed by atoms with Gasteiger partial charge in [-0.25, -0.2) is 0 Å². The fourth-order valence-corrected chi connectivity index (χ4v) is 1.90. The van der Waals surface area contributed by atoms with Crippen molar-refractivity contribution in [2.75, 3.05) is 19.7 Å². The highest BCUT2D eigenvalue weighted by molar-refractivity contribution is 5.03. The van der Waals surface area contributed by atoms with Gasteiger partial charge < -0.3 is 10.1 Å². The molecule has 1 saturated heterocycles. The molecule has 4 nitrogen and oxygen atoms in total. The number of hydrogen-bond donors (Lipinski definition) is 1. The molecule has 1 aromatic heterocycles. The van der Waals surface area contributed by atoms with Crippen LogP contribution in [0.25, 0.3) is 0 Å². The summed E-state index contributed by atoms with van der Waals surface area (Å²) in [5.74, 6) is 0. The zero-order valence-corrected chi connectivity index (χ0v) is 9.28. The van der Waals surface area contributed by atoms with Crippen molar-refractivity contribution >= 4 is 0 Å². The van der Waals surface area contributed by atoms with Crippen LogP contribution in [0, 0.1) is 0 Å². The molecule has 1 aromatic rings. The van der Waals surface area contributed by atoms with E-state index in [9.17, 15) is 0 Å². The van der Waals surface area contributed by atoms with Crippen LogP contribution in [0.1, 0.15) is 18.4 Å². The van der Waals surface area contributed by atoms with Crippen LogP contribution in [0.2, 0.25) is 0 Å². The molecule has 4 heteroatoms. The van der Waals surface area contributed by atoms with E-state index >= 15 is 0 Å². The fourth-order valence-electron chi connectivity index (χ4n) is 1.90. The van der Waals surface area contributed by atoms with Crippen molar-refractivity contribution in [1.29, 1.82) is 0 Å². The number of nitrogens with zero attached hydrogens (tertiary/aromatic N) is 2. The molecule has 0 spiro atoms. The molecule has 1 aliphatic rings. The summed E-state index contributed by atoms with van der Waals surface area (Å²) in [7, 11) is 1.95. The first kappa shape index (κ1) is 10.6. The van der Waals surface area contributed by atoms with E-state index in [4.69, 9.17) is 4.74 Å². The topological polar surface area (TPSA) is 39.1 Å². The smallest absolute Gasteiger partial charge is 0.0700 e. The second-order valence-corrected chi connectivity index (χ2v) is 4.11. The predicted molar refractivity (Wildman–Crippen MR) is 58.8 cm³/mol. The molecule has 2 rings (SSSR count). The number of hydrogen-bond acceptors (Lipinski definition) is 3. The van der Waals surface area contributed by atoms with E-state index in [-0.39, 0.29) is 0 Å². The standard InChI is InChI=1S/C11H19N3O/c1-14-9-10(7-13-14)4-5-12-8-11-3-2-6-15-11/h7,9,11-12H,2-6,8H2,1H3. The Balaban J connectivity index is 1.58. The average molecular weight is 209 g/mol. The highest BCUT2D eigenvalue weighted by Gasteiger charge is 2.14. The van der Waals surface area contributed by atoms with Crippen LogP contribution in [0.15, 0.2) is 12.4 Å². The molecule has 84 valence electrons. The Morgan fingerprint density at radius 2 is 2.60 bits per heavy atom. The summed E-state index contributed by atoms with van der Waals surface area (Å²) in [6.07, 6.45) is 7.90. The average Bonchev–Trinajstić information content (AvgIpc) is 2.84. The van der Waals surface area contributed by atoms with Crippen molar-refractivity contribution in [3.63, 3.8) is 0 Å². The maximum atomic E-state index is 5.53. The van der Waals surface area contributed by atoms with Gasteiger partial charge in [0.15, 0.2) is 0 Å².